The largest absolute Gasteiger partial charge is 0.352 e. The molecular formula is C24H31Cl2FN4O4S. The molecule has 0 aliphatic rings. The van der Waals surface area contributed by atoms with Gasteiger partial charge in [-0.15, -0.1) is 0 Å². The minimum absolute atomic E-state index is 0.0888. The van der Waals surface area contributed by atoms with Crippen molar-refractivity contribution in [1.82, 2.24) is 14.5 Å². The molecule has 2 aromatic carbocycles. The van der Waals surface area contributed by atoms with Gasteiger partial charge in [0.05, 0.1) is 5.69 Å². The first kappa shape index (κ1) is 29.8. The first-order valence-corrected chi connectivity index (χ1v) is 13.4. The smallest absolute Gasteiger partial charge is 0.304 e. The average Bonchev–Trinajstić information content (AvgIpc) is 2.82. The molecule has 2 rings (SSSR count). The third-order valence-corrected chi connectivity index (χ3v) is 8.22. The summed E-state index contributed by atoms with van der Waals surface area (Å²) in [5, 5.41) is 3.43. The van der Waals surface area contributed by atoms with Crippen LogP contribution in [-0.2, 0) is 26.3 Å². The molecule has 0 heterocycles. The molecule has 2 amide bonds. The van der Waals surface area contributed by atoms with Gasteiger partial charge in [-0.2, -0.15) is 12.7 Å². The van der Waals surface area contributed by atoms with Gasteiger partial charge in [-0.25, -0.2) is 8.70 Å². The van der Waals surface area contributed by atoms with E-state index in [1.165, 1.54) is 31.1 Å². The van der Waals surface area contributed by atoms with Crippen LogP contribution in [0.5, 0.6) is 0 Å². The van der Waals surface area contributed by atoms with E-state index in [-0.39, 0.29) is 18.3 Å². The second kappa shape index (κ2) is 12.7. The van der Waals surface area contributed by atoms with E-state index < -0.39 is 40.4 Å². The van der Waals surface area contributed by atoms with Gasteiger partial charge in [-0.1, -0.05) is 36.2 Å². The molecule has 0 radical (unpaired) electrons. The fraction of sp³-hybridized carbons (Fsp3) is 0.417. The van der Waals surface area contributed by atoms with E-state index in [0.29, 0.717) is 22.0 Å². The maximum Gasteiger partial charge on any atom is 0.304 e. The number of hydrogen-bond donors (Lipinski definition) is 1. The monoisotopic (exact) mass is 560 g/mol. The van der Waals surface area contributed by atoms with Gasteiger partial charge >= 0.3 is 10.2 Å². The first-order valence-electron chi connectivity index (χ1n) is 11.3. The molecule has 0 fully saturated rings. The maximum atomic E-state index is 13.7. The molecule has 2 aromatic rings. The number of nitrogens with one attached hydrogen (secondary N) is 1. The van der Waals surface area contributed by atoms with E-state index in [1.54, 1.807) is 25.1 Å². The normalized spacial score (nSPS) is 13.2. The lowest BCUT2D eigenvalue weighted by Crippen LogP contribution is -2.53. The van der Waals surface area contributed by atoms with Gasteiger partial charge in [0.15, 0.2) is 0 Å². The van der Waals surface area contributed by atoms with Crippen molar-refractivity contribution < 1.29 is 22.4 Å². The molecule has 0 aliphatic carbocycles. The highest BCUT2D eigenvalue weighted by molar-refractivity contribution is 7.90. The molecule has 8 nitrogen and oxygen atoms in total. The van der Waals surface area contributed by atoms with E-state index in [0.717, 1.165) is 20.7 Å². The van der Waals surface area contributed by atoms with Gasteiger partial charge in [-0.3, -0.25) is 9.59 Å². The number of amides is 2. The van der Waals surface area contributed by atoms with E-state index in [1.807, 2.05) is 13.8 Å². The molecule has 12 heteroatoms. The summed E-state index contributed by atoms with van der Waals surface area (Å²) in [5.41, 5.74) is 0.507. The van der Waals surface area contributed by atoms with Crippen LogP contribution in [0.1, 0.15) is 32.8 Å². The first-order chi connectivity index (χ1) is 16.8. The average molecular weight is 562 g/mol. The fourth-order valence-electron chi connectivity index (χ4n) is 3.23. The lowest BCUT2D eigenvalue weighted by Gasteiger charge is -2.33. The summed E-state index contributed by atoms with van der Waals surface area (Å²) in [7, 11) is -1.51. The third kappa shape index (κ3) is 7.32. The number of benzene rings is 2. The quantitative estimate of drug-likeness (QED) is 0.448. The summed E-state index contributed by atoms with van der Waals surface area (Å²) in [6.45, 7) is 4.51. The van der Waals surface area contributed by atoms with Crippen LogP contribution in [0.25, 0.3) is 0 Å². The summed E-state index contributed by atoms with van der Waals surface area (Å²) in [4.78, 5) is 27.8. The summed E-state index contributed by atoms with van der Waals surface area (Å²) < 4.78 is 41.5. The van der Waals surface area contributed by atoms with Crippen LogP contribution in [-0.4, -0.2) is 62.2 Å². The zero-order valence-corrected chi connectivity index (χ0v) is 23.2. The Morgan fingerprint density at radius 1 is 1.03 bits per heavy atom. The topological polar surface area (TPSA) is 90.0 Å². The highest BCUT2D eigenvalue weighted by Gasteiger charge is 2.33. The lowest BCUT2D eigenvalue weighted by atomic mass is 10.1. The van der Waals surface area contributed by atoms with Gasteiger partial charge in [0.2, 0.25) is 11.8 Å². The number of carbonyl (C=O) groups is 2. The van der Waals surface area contributed by atoms with Gasteiger partial charge in [-0.05, 0) is 56.7 Å². The van der Waals surface area contributed by atoms with Gasteiger partial charge in [0.1, 0.15) is 18.4 Å². The van der Waals surface area contributed by atoms with Gasteiger partial charge in [0, 0.05) is 42.3 Å². The Balaban J connectivity index is 2.50. The summed E-state index contributed by atoms with van der Waals surface area (Å²) in [6.07, 6.45) is 0.683. The fourth-order valence-corrected chi connectivity index (χ4v) is 4.80. The van der Waals surface area contributed by atoms with E-state index >= 15 is 0 Å². The van der Waals surface area contributed by atoms with E-state index in [9.17, 15) is 22.4 Å². The van der Waals surface area contributed by atoms with Gasteiger partial charge in [0.25, 0.3) is 0 Å². The van der Waals surface area contributed by atoms with Crippen molar-refractivity contribution in [3.63, 3.8) is 0 Å². The molecule has 198 valence electrons. The van der Waals surface area contributed by atoms with Crippen molar-refractivity contribution in [2.24, 2.45) is 0 Å². The van der Waals surface area contributed by atoms with Crippen LogP contribution in [0.15, 0.2) is 42.5 Å². The molecule has 0 bridgehead atoms. The predicted molar refractivity (Wildman–Crippen MR) is 141 cm³/mol. The number of nitrogens with zero attached hydrogens (tertiary/aromatic N) is 3. The van der Waals surface area contributed by atoms with Crippen molar-refractivity contribution in [3.05, 3.63) is 63.9 Å². The number of carbonyl (C=O) groups excluding carboxylic acids is 2. The zero-order chi connectivity index (χ0) is 27.2. The Bertz CT molecular complexity index is 1160. The molecular weight excluding hydrogens is 530 g/mol. The van der Waals surface area contributed by atoms with Crippen molar-refractivity contribution in [1.29, 1.82) is 0 Å². The standard InChI is InChI=1S/C24H31Cl2FN4O4S/c1-6-16(2)28-24(33)17(3)30(14-20-21(25)8-7-9-22(20)26)23(32)15-31(36(34,35)29(4)5)19-12-10-18(27)11-13-19/h7-13,16-17H,6,14-15H2,1-5H3,(H,28,33)/t16-,17-/m1/s1. The Labute approximate surface area is 222 Å². The maximum absolute atomic E-state index is 13.7. The summed E-state index contributed by atoms with van der Waals surface area (Å²) >= 11 is 12.7. The number of rotatable bonds is 11. The van der Waals surface area contributed by atoms with Crippen LogP contribution in [0.3, 0.4) is 0 Å². The Morgan fingerprint density at radius 3 is 2.08 bits per heavy atom. The highest BCUT2D eigenvalue weighted by Crippen LogP contribution is 2.27. The van der Waals surface area contributed by atoms with Crippen molar-refractivity contribution >= 4 is 50.9 Å². The molecule has 0 aliphatic heterocycles. The molecule has 36 heavy (non-hydrogen) atoms. The van der Waals surface area contributed by atoms with Crippen molar-refractivity contribution in [2.75, 3.05) is 24.9 Å². The Hall–Kier alpha value is -2.40. The van der Waals surface area contributed by atoms with Crippen LogP contribution >= 0.6 is 23.2 Å². The van der Waals surface area contributed by atoms with Crippen LogP contribution in [0.4, 0.5) is 10.1 Å². The van der Waals surface area contributed by atoms with Crippen LogP contribution in [0.2, 0.25) is 10.0 Å². The Kier molecular flexibility index (Phi) is 10.5. The molecule has 0 saturated carbocycles. The summed E-state index contributed by atoms with van der Waals surface area (Å²) in [5.74, 6) is -1.64. The minimum atomic E-state index is -4.15. The molecule has 0 unspecified atom stereocenters. The van der Waals surface area contributed by atoms with E-state index in [4.69, 9.17) is 23.2 Å². The van der Waals surface area contributed by atoms with E-state index in [2.05, 4.69) is 5.32 Å². The third-order valence-electron chi connectivity index (χ3n) is 5.69. The lowest BCUT2D eigenvalue weighted by molar-refractivity contribution is -0.139. The molecule has 2 atom stereocenters. The predicted octanol–water partition coefficient (Wildman–Crippen LogP) is 4.08. The molecule has 0 aromatic heterocycles. The van der Waals surface area contributed by atoms with Crippen molar-refractivity contribution in [2.45, 2.75) is 45.8 Å². The molecule has 0 saturated heterocycles. The second-order valence-corrected chi connectivity index (χ2v) is 11.4. The van der Waals surface area contributed by atoms with Crippen molar-refractivity contribution in [3.8, 4) is 0 Å². The molecule has 0 spiro atoms. The van der Waals surface area contributed by atoms with Gasteiger partial charge < -0.3 is 10.2 Å². The highest BCUT2D eigenvalue weighted by atomic mass is 35.5. The minimum Gasteiger partial charge on any atom is -0.352 e. The molecule has 1 N–H and O–H groups in total. The zero-order valence-electron chi connectivity index (χ0n) is 20.8. The SMILES string of the molecule is CC[C@@H](C)NC(=O)[C@@H](C)N(Cc1c(Cl)cccc1Cl)C(=O)CN(c1ccc(F)cc1)S(=O)(=O)N(C)C. The number of halogens is 3. The number of hydrogen-bond acceptors (Lipinski definition) is 4. The number of anilines is 1. The Morgan fingerprint density at radius 2 is 1.58 bits per heavy atom. The summed E-state index contributed by atoms with van der Waals surface area (Å²) in [6, 6.07) is 8.48. The second-order valence-electron chi connectivity index (χ2n) is 8.49. The van der Waals surface area contributed by atoms with Crippen LogP contribution in [0, 0.1) is 5.82 Å². The van der Waals surface area contributed by atoms with Crippen LogP contribution < -0.4 is 9.62 Å².